The molecule has 0 spiro atoms. The maximum absolute atomic E-state index is 11.7. The van der Waals surface area contributed by atoms with Gasteiger partial charge in [0.25, 0.3) is 0 Å². The van der Waals surface area contributed by atoms with E-state index in [4.69, 9.17) is 20.8 Å². The molecule has 0 aliphatic rings. The average Bonchev–Trinajstić information content (AvgIpc) is 3.09. The SMILES string of the molecule is CCOC(=O)c1coc(-c2cccc(Sc3cnc(Br)cn3)c2Cl)n1. The Labute approximate surface area is 161 Å². The minimum Gasteiger partial charge on any atom is -0.461 e. The Bertz CT molecular complexity index is 902. The third kappa shape index (κ3) is 4.20. The highest BCUT2D eigenvalue weighted by molar-refractivity contribution is 9.10. The zero-order valence-electron chi connectivity index (χ0n) is 12.9. The summed E-state index contributed by atoms with van der Waals surface area (Å²) in [7, 11) is 0. The number of benzene rings is 1. The summed E-state index contributed by atoms with van der Waals surface area (Å²) in [4.78, 5) is 25.0. The molecule has 3 rings (SSSR count). The van der Waals surface area contributed by atoms with Crippen LogP contribution in [0.1, 0.15) is 17.4 Å². The van der Waals surface area contributed by atoms with E-state index < -0.39 is 5.97 Å². The number of aromatic nitrogens is 3. The molecule has 25 heavy (non-hydrogen) atoms. The maximum atomic E-state index is 11.7. The van der Waals surface area contributed by atoms with E-state index in [0.29, 0.717) is 20.2 Å². The van der Waals surface area contributed by atoms with Crippen molar-refractivity contribution in [2.45, 2.75) is 16.8 Å². The highest BCUT2D eigenvalue weighted by Gasteiger charge is 2.18. The van der Waals surface area contributed by atoms with Crippen LogP contribution in [-0.2, 0) is 4.74 Å². The molecule has 3 aromatic rings. The van der Waals surface area contributed by atoms with Crippen molar-refractivity contribution in [1.29, 1.82) is 0 Å². The lowest BCUT2D eigenvalue weighted by atomic mass is 10.2. The summed E-state index contributed by atoms with van der Waals surface area (Å²) in [5.74, 6) is -0.290. The minimum absolute atomic E-state index is 0.102. The Morgan fingerprint density at radius 1 is 1.36 bits per heavy atom. The quantitative estimate of drug-likeness (QED) is 0.523. The molecule has 9 heteroatoms. The van der Waals surface area contributed by atoms with Crippen LogP contribution >= 0.6 is 39.3 Å². The molecule has 0 amide bonds. The highest BCUT2D eigenvalue weighted by atomic mass is 79.9. The van der Waals surface area contributed by atoms with Gasteiger partial charge in [0.2, 0.25) is 5.89 Å². The first kappa shape index (κ1) is 17.9. The van der Waals surface area contributed by atoms with Crippen molar-refractivity contribution in [3.8, 4) is 11.5 Å². The van der Waals surface area contributed by atoms with Gasteiger partial charge in [-0.25, -0.2) is 19.7 Å². The Hall–Kier alpha value is -1.90. The number of carbonyl (C=O) groups excluding carboxylic acids is 1. The van der Waals surface area contributed by atoms with Crippen molar-refractivity contribution in [3.05, 3.63) is 52.2 Å². The van der Waals surface area contributed by atoms with Crippen LogP contribution in [0.3, 0.4) is 0 Å². The van der Waals surface area contributed by atoms with E-state index in [1.54, 1.807) is 25.4 Å². The van der Waals surface area contributed by atoms with Gasteiger partial charge < -0.3 is 9.15 Å². The number of ether oxygens (including phenoxy) is 1. The number of carbonyl (C=O) groups is 1. The van der Waals surface area contributed by atoms with Crippen LogP contribution in [0.2, 0.25) is 5.02 Å². The van der Waals surface area contributed by atoms with Crippen molar-refractivity contribution >= 4 is 45.3 Å². The Morgan fingerprint density at radius 2 is 2.20 bits per heavy atom. The Morgan fingerprint density at radius 3 is 2.92 bits per heavy atom. The molecule has 0 bridgehead atoms. The summed E-state index contributed by atoms with van der Waals surface area (Å²) in [6.45, 7) is 1.99. The number of hydrogen-bond acceptors (Lipinski definition) is 7. The molecule has 0 unspecified atom stereocenters. The van der Waals surface area contributed by atoms with Crippen LogP contribution in [0.25, 0.3) is 11.5 Å². The predicted molar refractivity (Wildman–Crippen MR) is 96.8 cm³/mol. The zero-order valence-corrected chi connectivity index (χ0v) is 16.1. The van der Waals surface area contributed by atoms with E-state index in [-0.39, 0.29) is 18.2 Å². The van der Waals surface area contributed by atoms with Gasteiger partial charge in [0.1, 0.15) is 15.9 Å². The van der Waals surface area contributed by atoms with Gasteiger partial charge in [-0.2, -0.15) is 0 Å². The standard InChI is InChI=1S/C16H11BrClN3O3S/c1-2-23-16(22)10-8-24-15(21-10)9-4-3-5-11(14(9)18)25-13-7-19-12(17)6-20-13/h3-8H,2H2,1H3. The topological polar surface area (TPSA) is 78.1 Å². The second kappa shape index (κ2) is 7.99. The lowest BCUT2D eigenvalue weighted by Crippen LogP contribution is -2.04. The number of rotatable bonds is 5. The summed E-state index contributed by atoms with van der Waals surface area (Å²) < 4.78 is 10.9. The van der Waals surface area contributed by atoms with Crippen LogP contribution in [-0.4, -0.2) is 27.5 Å². The molecule has 2 heterocycles. The monoisotopic (exact) mass is 439 g/mol. The van der Waals surface area contributed by atoms with E-state index in [1.165, 1.54) is 18.0 Å². The van der Waals surface area contributed by atoms with Crippen LogP contribution in [0, 0.1) is 0 Å². The van der Waals surface area contributed by atoms with Crippen molar-refractivity contribution in [1.82, 2.24) is 15.0 Å². The molecule has 1 aromatic carbocycles. The predicted octanol–water partition coefficient (Wildman–Crippen LogP) is 4.88. The molecule has 2 aromatic heterocycles. The van der Waals surface area contributed by atoms with Gasteiger partial charge in [-0.1, -0.05) is 29.4 Å². The molecule has 0 saturated heterocycles. The van der Waals surface area contributed by atoms with Crippen molar-refractivity contribution in [3.63, 3.8) is 0 Å². The number of nitrogens with zero attached hydrogens (tertiary/aromatic N) is 3. The van der Waals surface area contributed by atoms with Crippen molar-refractivity contribution in [2.75, 3.05) is 6.61 Å². The Kier molecular flexibility index (Phi) is 5.72. The van der Waals surface area contributed by atoms with E-state index in [9.17, 15) is 4.79 Å². The summed E-state index contributed by atoms with van der Waals surface area (Å²) in [6, 6.07) is 5.44. The molecule has 6 nitrogen and oxygen atoms in total. The summed E-state index contributed by atoms with van der Waals surface area (Å²) in [5, 5.41) is 1.15. The first-order valence-corrected chi connectivity index (χ1v) is 9.14. The summed E-state index contributed by atoms with van der Waals surface area (Å²) in [6.07, 6.45) is 4.51. The normalized spacial score (nSPS) is 10.7. The second-order valence-corrected chi connectivity index (χ2v) is 6.91. The van der Waals surface area contributed by atoms with Crippen molar-refractivity contribution < 1.29 is 13.9 Å². The third-order valence-electron chi connectivity index (χ3n) is 2.99. The smallest absolute Gasteiger partial charge is 0.360 e. The van der Waals surface area contributed by atoms with Gasteiger partial charge in [0.05, 0.1) is 29.6 Å². The fraction of sp³-hybridized carbons (Fsp3) is 0.125. The number of esters is 1. The second-order valence-electron chi connectivity index (χ2n) is 4.66. The van der Waals surface area contributed by atoms with Gasteiger partial charge in [0.15, 0.2) is 5.69 Å². The summed E-state index contributed by atoms with van der Waals surface area (Å²) >= 11 is 11.1. The molecule has 128 valence electrons. The van der Waals surface area contributed by atoms with Crippen LogP contribution in [0.15, 0.2) is 55.8 Å². The lowest BCUT2D eigenvalue weighted by Gasteiger charge is -2.06. The Balaban J connectivity index is 1.88. The molecule has 0 saturated carbocycles. The minimum atomic E-state index is -0.538. The fourth-order valence-corrected chi connectivity index (χ4v) is 3.23. The maximum Gasteiger partial charge on any atom is 0.360 e. The zero-order chi connectivity index (χ0) is 17.8. The molecule has 0 aliphatic carbocycles. The van der Waals surface area contributed by atoms with Gasteiger partial charge in [-0.05, 0) is 35.0 Å². The van der Waals surface area contributed by atoms with E-state index in [2.05, 4.69) is 30.9 Å². The van der Waals surface area contributed by atoms with Gasteiger partial charge in [-0.15, -0.1) is 0 Å². The molecule has 0 atom stereocenters. The summed E-state index contributed by atoms with van der Waals surface area (Å²) in [5.41, 5.74) is 0.678. The molecular formula is C16H11BrClN3O3S. The number of oxazole rings is 1. The lowest BCUT2D eigenvalue weighted by molar-refractivity contribution is 0.0519. The van der Waals surface area contributed by atoms with Gasteiger partial charge in [-0.3, -0.25) is 0 Å². The average molecular weight is 441 g/mol. The van der Waals surface area contributed by atoms with Gasteiger partial charge in [0, 0.05) is 4.90 Å². The third-order valence-corrected chi connectivity index (χ3v) is 4.90. The van der Waals surface area contributed by atoms with Crippen molar-refractivity contribution in [2.24, 2.45) is 0 Å². The molecule has 0 N–H and O–H groups in total. The molecule has 0 radical (unpaired) electrons. The molecule has 0 fully saturated rings. The van der Waals surface area contributed by atoms with Gasteiger partial charge >= 0.3 is 5.97 Å². The van der Waals surface area contributed by atoms with E-state index >= 15 is 0 Å². The highest BCUT2D eigenvalue weighted by Crippen LogP contribution is 2.38. The molecular weight excluding hydrogens is 430 g/mol. The first-order valence-electron chi connectivity index (χ1n) is 7.15. The van der Waals surface area contributed by atoms with Crippen LogP contribution in [0.4, 0.5) is 0 Å². The van der Waals surface area contributed by atoms with E-state index in [0.717, 1.165) is 4.90 Å². The first-order chi connectivity index (χ1) is 12.1. The largest absolute Gasteiger partial charge is 0.461 e. The fourth-order valence-electron chi connectivity index (χ4n) is 1.92. The van der Waals surface area contributed by atoms with Crippen LogP contribution < -0.4 is 0 Å². The van der Waals surface area contributed by atoms with Crippen LogP contribution in [0.5, 0.6) is 0 Å². The number of hydrogen-bond donors (Lipinski definition) is 0. The van der Waals surface area contributed by atoms with E-state index in [1.807, 2.05) is 12.1 Å². The molecule has 0 aliphatic heterocycles. The number of halogens is 2.